The molecule has 1 aliphatic carbocycles. The van der Waals surface area contributed by atoms with Crippen LogP contribution in [-0.4, -0.2) is 6.02 Å². The molecule has 1 saturated carbocycles. The molecule has 1 aromatic carbocycles. The van der Waals surface area contributed by atoms with Gasteiger partial charge in [-0.2, -0.15) is 4.99 Å². The average molecular weight is 253 g/mol. The smallest absolute Gasteiger partial charge is 0.288 e. The van der Waals surface area contributed by atoms with Gasteiger partial charge in [-0.05, 0) is 38.2 Å². The van der Waals surface area contributed by atoms with Crippen LogP contribution < -0.4 is 5.73 Å². The normalized spacial score (nSPS) is 20.2. The maximum Gasteiger partial charge on any atom is 0.288 e. The van der Waals surface area contributed by atoms with E-state index in [1.807, 2.05) is 0 Å². The Hall–Kier alpha value is -1.22. The van der Waals surface area contributed by atoms with Crippen LogP contribution in [0.3, 0.4) is 0 Å². The number of hydrogen-bond donors (Lipinski definition) is 1. The van der Waals surface area contributed by atoms with Crippen LogP contribution in [0.4, 0.5) is 5.69 Å². The molecule has 0 bridgehead atoms. The predicted molar refractivity (Wildman–Crippen MR) is 70.9 cm³/mol. The van der Waals surface area contributed by atoms with Crippen LogP contribution in [0.5, 0.6) is 0 Å². The lowest BCUT2D eigenvalue weighted by Gasteiger charge is -2.34. The summed E-state index contributed by atoms with van der Waals surface area (Å²) in [5.74, 6) is 0. The molecule has 1 aliphatic heterocycles. The number of nitrogens with two attached hydrogens (primary N) is 1. The van der Waals surface area contributed by atoms with Crippen molar-refractivity contribution >= 4 is 24.1 Å². The van der Waals surface area contributed by atoms with Crippen molar-refractivity contribution in [1.29, 1.82) is 0 Å². The van der Waals surface area contributed by atoms with Gasteiger partial charge in [-0.3, -0.25) is 0 Å². The maximum atomic E-state index is 5.84. The number of hydrogen-bond acceptors (Lipinski definition) is 3. The van der Waals surface area contributed by atoms with Crippen LogP contribution in [0.1, 0.15) is 36.8 Å². The fourth-order valence-electron chi connectivity index (χ4n) is 2.88. The van der Waals surface area contributed by atoms with Gasteiger partial charge in [0.05, 0.1) is 5.69 Å². The van der Waals surface area contributed by atoms with E-state index in [2.05, 4.69) is 30.1 Å². The van der Waals surface area contributed by atoms with E-state index in [4.69, 9.17) is 10.5 Å². The van der Waals surface area contributed by atoms with Gasteiger partial charge >= 0.3 is 0 Å². The summed E-state index contributed by atoms with van der Waals surface area (Å²) in [4.78, 5) is 4.34. The lowest BCUT2D eigenvalue weighted by atomic mass is 9.88. The molecule has 0 amide bonds. The van der Waals surface area contributed by atoms with Crippen molar-refractivity contribution in [2.45, 2.75) is 38.2 Å². The molecule has 17 heavy (non-hydrogen) atoms. The second kappa shape index (κ2) is 4.22. The summed E-state index contributed by atoms with van der Waals surface area (Å²) in [5, 5.41) is 0. The van der Waals surface area contributed by atoms with E-state index in [9.17, 15) is 0 Å². The highest BCUT2D eigenvalue weighted by atomic mass is 35.5. The molecule has 0 aromatic heterocycles. The van der Waals surface area contributed by atoms with Crippen LogP contribution in [0.25, 0.3) is 0 Å². The zero-order chi connectivity index (χ0) is 11.2. The van der Waals surface area contributed by atoms with Crippen LogP contribution in [-0.2, 0) is 10.3 Å². The Morgan fingerprint density at radius 1 is 1.29 bits per heavy atom. The Bertz CT molecular complexity index is 464. The first-order valence-electron chi connectivity index (χ1n) is 5.85. The number of aliphatic imine (C=N–C) groups is 1. The first-order chi connectivity index (χ1) is 7.71. The van der Waals surface area contributed by atoms with Gasteiger partial charge in [0.1, 0.15) is 5.60 Å². The Labute approximate surface area is 107 Å². The summed E-state index contributed by atoms with van der Waals surface area (Å²) in [6, 6.07) is 6.60. The third kappa shape index (κ3) is 1.78. The van der Waals surface area contributed by atoms with Crippen molar-refractivity contribution in [3.8, 4) is 0 Å². The summed E-state index contributed by atoms with van der Waals surface area (Å²) >= 11 is 0. The fourth-order valence-corrected chi connectivity index (χ4v) is 2.88. The first kappa shape index (κ1) is 12.2. The van der Waals surface area contributed by atoms with Crippen LogP contribution in [0.2, 0.25) is 0 Å². The minimum Gasteiger partial charge on any atom is -0.454 e. The first-order valence-corrected chi connectivity index (χ1v) is 5.85. The Balaban J connectivity index is 0.00000108. The number of fused-ring (bicyclic) bond motifs is 2. The van der Waals surface area contributed by atoms with E-state index in [0.717, 1.165) is 18.5 Å². The highest BCUT2D eigenvalue weighted by Crippen LogP contribution is 2.48. The SMILES string of the molecule is Cc1cccc2c1N=C(N)OC21CCCC1.Cl. The lowest BCUT2D eigenvalue weighted by molar-refractivity contribution is 0.0542. The largest absolute Gasteiger partial charge is 0.454 e. The average Bonchev–Trinajstić information content (AvgIpc) is 2.69. The lowest BCUT2D eigenvalue weighted by Crippen LogP contribution is -2.36. The minimum absolute atomic E-state index is 0. The van der Waals surface area contributed by atoms with Crippen LogP contribution in [0.15, 0.2) is 23.2 Å². The minimum atomic E-state index is -0.187. The number of ether oxygens (including phenoxy) is 1. The van der Waals surface area contributed by atoms with E-state index in [0.29, 0.717) is 6.02 Å². The molecule has 3 nitrogen and oxygen atoms in total. The molecule has 1 spiro atoms. The molecule has 0 radical (unpaired) electrons. The molecule has 0 unspecified atom stereocenters. The number of rotatable bonds is 0. The number of nitrogens with zero attached hydrogens (tertiary/aromatic N) is 1. The van der Waals surface area contributed by atoms with E-state index < -0.39 is 0 Å². The van der Waals surface area contributed by atoms with E-state index in [1.54, 1.807) is 0 Å². The molecule has 92 valence electrons. The summed E-state index contributed by atoms with van der Waals surface area (Å²) in [6.07, 6.45) is 4.53. The summed E-state index contributed by atoms with van der Waals surface area (Å²) in [7, 11) is 0. The number of aryl methyl sites for hydroxylation is 1. The Morgan fingerprint density at radius 2 is 2.00 bits per heavy atom. The molecule has 3 rings (SSSR count). The van der Waals surface area contributed by atoms with Gasteiger partial charge in [-0.25, -0.2) is 0 Å². The number of benzene rings is 1. The monoisotopic (exact) mass is 252 g/mol. The molecule has 0 atom stereocenters. The summed E-state index contributed by atoms with van der Waals surface area (Å²) in [6.45, 7) is 2.07. The molecule has 0 saturated heterocycles. The van der Waals surface area contributed by atoms with Gasteiger partial charge in [-0.1, -0.05) is 18.2 Å². The predicted octanol–water partition coefficient (Wildman–Crippen LogP) is 3.16. The van der Waals surface area contributed by atoms with Gasteiger partial charge < -0.3 is 10.5 Å². The molecular weight excluding hydrogens is 236 g/mol. The maximum absolute atomic E-state index is 5.84. The van der Waals surface area contributed by atoms with Gasteiger partial charge in [0.2, 0.25) is 0 Å². The molecule has 2 aliphatic rings. The summed E-state index contributed by atoms with van der Waals surface area (Å²) in [5.41, 5.74) is 9.03. The number of para-hydroxylation sites is 1. The highest BCUT2D eigenvalue weighted by Gasteiger charge is 2.42. The van der Waals surface area contributed by atoms with Crippen molar-refractivity contribution in [1.82, 2.24) is 0 Å². The Morgan fingerprint density at radius 3 is 2.71 bits per heavy atom. The Kier molecular flexibility index (Phi) is 3.04. The van der Waals surface area contributed by atoms with Crippen LogP contribution >= 0.6 is 12.4 Å². The quantitative estimate of drug-likeness (QED) is 0.771. The standard InChI is InChI=1S/C13H16N2O.ClH/c1-9-5-4-6-10-11(9)15-12(14)16-13(10)7-2-3-8-13;/h4-6H,2-3,7-8H2,1H3,(H2,14,15);1H. The highest BCUT2D eigenvalue weighted by molar-refractivity contribution is 5.85. The summed E-state index contributed by atoms with van der Waals surface area (Å²) < 4.78 is 5.84. The molecule has 2 N–H and O–H groups in total. The van der Waals surface area contributed by atoms with E-state index in [-0.39, 0.29) is 18.0 Å². The molecule has 1 aromatic rings. The van der Waals surface area contributed by atoms with Crippen molar-refractivity contribution < 1.29 is 4.74 Å². The molecule has 4 heteroatoms. The molecule has 1 heterocycles. The third-order valence-corrected chi connectivity index (χ3v) is 3.66. The second-order valence-corrected chi connectivity index (χ2v) is 4.72. The van der Waals surface area contributed by atoms with Gasteiger partial charge in [0.15, 0.2) is 0 Å². The van der Waals surface area contributed by atoms with Crippen molar-refractivity contribution in [3.05, 3.63) is 29.3 Å². The number of halogens is 1. The number of amidine groups is 1. The van der Waals surface area contributed by atoms with Gasteiger partial charge in [0, 0.05) is 5.56 Å². The van der Waals surface area contributed by atoms with E-state index in [1.165, 1.54) is 24.0 Å². The van der Waals surface area contributed by atoms with Gasteiger partial charge in [-0.15, -0.1) is 12.4 Å². The van der Waals surface area contributed by atoms with Crippen molar-refractivity contribution in [3.63, 3.8) is 0 Å². The van der Waals surface area contributed by atoms with Crippen molar-refractivity contribution in [2.75, 3.05) is 0 Å². The van der Waals surface area contributed by atoms with Crippen molar-refractivity contribution in [2.24, 2.45) is 10.7 Å². The fraction of sp³-hybridized carbons (Fsp3) is 0.462. The zero-order valence-electron chi connectivity index (χ0n) is 9.90. The third-order valence-electron chi connectivity index (χ3n) is 3.66. The van der Waals surface area contributed by atoms with Gasteiger partial charge in [0.25, 0.3) is 6.02 Å². The topological polar surface area (TPSA) is 47.6 Å². The molecular formula is C13H17ClN2O. The van der Waals surface area contributed by atoms with Crippen LogP contribution in [0, 0.1) is 6.92 Å². The zero-order valence-corrected chi connectivity index (χ0v) is 10.7. The van der Waals surface area contributed by atoms with E-state index >= 15 is 0 Å². The molecule has 1 fully saturated rings. The second-order valence-electron chi connectivity index (χ2n) is 4.72.